The molecule has 1 aromatic carbocycles. The van der Waals surface area contributed by atoms with Gasteiger partial charge in [0.1, 0.15) is 5.60 Å². The first-order chi connectivity index (χ1) is 7.90. The van der Waals surface area contributed by atoms with E-state index in [1.165, 1.54) is 0 Å². The van der Waals surface area contributed by atoms with Crippen LogP contribution in [-0.4, -0.2) is 35.0 Å². The molecule has 17 heavy (non-hydrogen) atoms. The van der Waals surface area contributed by atoms with E-state index >= 15 is 0 Å². The highest BCUT2D eigenvalue weighted by Gasteiger charge is 2.40. The maximum absolute atomic E-state index is 11.8. The van der Waals surface area contributed by atoms with E-state index < -0.39 is 5.60 Å². The summed E-state index contributed by atoms with van der Waals surface area (Å²) in [5, 5.41) is 10.6. The van der Waals surface area contributed by atoms with E-state index in [9.17, 15) is 9.90 Å². The maximum Gasteiger partial charge on any atom is 0.167 e. The van der Waals surface area contributed by atoms with Gasteiger partial charge in [-0.2, -0.15) is 0 Å². The second-order valence-electron chi connectivity index (χ2n) is 4.88. The number of β-amino-alcohol motifs (C(OH)–C–C–N with tert-alkyl or cyclic N) is 1. The Morgan fingerprint density at radius 3 is 2.59 bits per heavy atom. The Morgan fingerprint density at radius 1 is 1.41 bits per heavy atom. The lowest BCUT2D eigenvalue weighted by Gasteiger charge is -2.39. The highest BCUT2D eigenvalue weighted by atomic mass is 35.5. The molecule has 0 saturated carbocycles. The number of halogens is 1. The highest BCUT2D eigenvalue weighted by molar-refractivity contribution is 6.30. The topological polar surface area (TPSA) is 40.5 Å². The molecule has 0 aromatic heterocycles. The van der Waals surface area contributed by atoms with Gasteiger partial charge in [-0.25, -0.2) is 0 Å². The number of carbonyl (C=O) groups is 1. The van der Waals surface area contributed by atoms with E-state index in [-0.39, 0.29) is 11.8 Å². The number of likely N-dealkylation sites (N-methyl/N-ethyl adjacent to an activating group) is 1. The number of nitrogens with zero attached hydrogens (tertiary/aromatic N) is 1. The van der Waals surface area contributed by atoms with Crippen LogP contribution in [0.25, 0.3) is 0 Å². The van der Waals surface area contributed by atoms with Crippen LogP contribution in [0.15, 0.2) is 24.3 Å². The Kier molecular flexibility index (Phi) is 3.25. The van der Waals surface area contributed by atoms with Crippen LogP contribution in [0.3, 0.4) is 0 Å². The van der Waals surface area contributed by atoms with Crippen molar-refractivity contribution in [2.75, 3.05) is 13.6 Å². The number of carbonyl (C=O) groups excluding carboxylic acids is 1. The SMILES string of the molecule is CN1CC(C)(O)C(=O)CC1c1ccc(Cl)cc1. The Labute approximate surface area is 106 Å². The first kappa shape index (κ1) is 12.6. The lowest BCUT2D eigenvalue weighted by Crippen LogP contribution is -2.52. The molecule has 1 aliphatic rings. The molecule has 1 fully saturated rings. The quantitative estimate of drug-likeness (QED) is 0.833. The summed E-state index contributed by atoms with van der Waals surface area (Å²) in [4.78, 5) is 13.8. The van der Waals surface area contributed by atoms with Gasteiger partial charge in [0.25, 0.3) is 0 Å². The molecule has 3 nitrogen and oxygen atoms in total. The zero-order valence-electron chi connectivity index (χ0n) is 9.98. The molecule has 1 saturated heterocycles. The second-order valence-corrected chi connectivity index (χ2v) is 5.32. The van der Waals surface area contributed by atoms with Crippen molar-refractivity contribution in [2.45, 2.75) is 25.0 Å². The van der Waals surface area contributed by atoms with Crippen LogP contribution >= 0.6 is 11.6 Å². The van der Waals surface area contributed by atoms with Crippen molar-refractivity contribution in [3.63, 3.8) is 0 Å². The fourth-order valence-electron chi connectivity index (χ4n) is 2.29. The molecule has 1 N–H and O–H groups in total. The Hall–Kier alpha value is -0.900. The van der Waals surface area contributed by atoms with Gasteiger partial charge in [-0.3, -0.25) is 9.69 Å². The predicted molar refractivity (Wildman–Crippen MR) is 67.1 cm³/mol. The number of ketones is 1. The van der Waals surface area contributed by atoms with Gasteiger partial charge >= 0.3 is 0 Å². The van der Waals surface area contributed by atoms with Crippen molar-refractivity contribution in [1.29, 1.82) is 0 Å². The molecule has 0 bridgehead atoms. The van der Waals surface area contributed by atoms with E-state index in [4.69, 9.17) is 11.6 Å². The van der Waals surface area contributed by atoms with Gasteiger partial charge in [0, 0.05) is 24.0 Å². The summed E-state index contributed by atoms with van der Waals surface area (Å²) < 4.78 is 0. The van der Waals surface area contributed by atoms with E-state index in [2.05, 4.69) is 0 Å². The van der Waals surface area contributed by atoms with Crippen LogP contribution in [0.2, 0.25) is 5.02 Å². The summed E-state index contributed by atoms with van der Waals surface area (Å²) >= 11 is 5.84. The van der Waals surface area contributed by atoms with Crippen LogP contribution < -0.4 is 0 Å². The normalized spacial score (nSPS) is 30.6. The van der Waals surface area contributed by atoms with Crippen LogP contribution in [0.1, 0.15) is 24.9 Å². The van der Waals surface area contributed by atoms with Crippen molar-refractivity contribution in [2.24, 2.45) is 0 Å². The summed E-state index contributed by atoms with van der Waals surface area (Å²) in [5.41, 5.74) is -0.168. The lowest BCUT2D eigenvalue weighted by molar-refractivity contribution is -0.144. The Bertz CT molecular complexity index is 428. The molecule has 1 aliphatic heterocycles. The van der Waals surface area contributed by atoms with Gasteiger partial charge in [-0.05, 0) is 31.7 Å². The van der Waals surface area contributed by atoms with E-state index in [1.807, 2.05) is 36.2 Å². The minimum absolute atomic E-state index is 0.0278. The molecule has 2 rings (SSSR count). The van der Waals surface area contributed by atoms with Gasteiger partial charge in [0.05, 0.1) is 0 Å². The van der Waals surface area contributed by atoms with Crippen molar-refractivity contribution < 1.29 is 9.90 Å². The van der Waals surface area contributed by atoms with Crippen molar-refractivity contribution >= 4 is 17.4 Å². The molecule has 0 spiro atoms. The van der Waals surface area contributed by atoms with Gasteiger partial charge < -0.3 is 5.11 Å². The fraction of sp³-hybridized carbons (Fsp3) is 0.462. The molecule has 2 unspecified atom stereocenters. The summed E-state index contributed by atoms with van der Waals surface area (Å²) in [7, 11) is 1.92. The predicted octanol–water partition coefficient (Wildman–Crippen LogP) is 2.04. The molecule has 0 aliphatic carbocycles. The number of benzene rings is 1. The number of Topliss-reactive ketones (excluding diaryl/α,β-unsaturated/α-hetero) is 1. The van der Waals surface area contributed by atoms with E-state index in [1.54, 1.807) is 6.92 Å². The largest absolute Gasteiger partial charge is 0.381 e. The number of aliphatic hydroxyl groups is 1. The number of hydrogen-bond acceptors (Lipinski definition) is 3. The number of rotatable bonds is 1. The fourth-order valence-corrected chi connectivity index (χ4v) is 2.42. The third kappa shape index (κ3) is 2.51. The van der Waals surface area contributed by atoms with Gasteiger partial charge in [-0.1, -0.05) is 23.7 Å². The Morgan fingerprint density at radius 2 is 2.00 bits per heavy atom. The number of piperidine rings is 1. The third-order valence-corrected chi connectivity index (χ3v) is 3.58. The van der Waals surface area contributed by atoms with E-state index in [0.29, 0.717) is 18.0 Å². The molecule has 1 aromatic rings. The molecule has 1 heterocycles. The van der Waals surface area contributed by atoms with Crippen molar-refractivity contribution in [3.8, 4) is 0 Å². The molecule has 2 atom stereocenters. The third-order valence-electron chi connectivity index (χ3n) is 3.32. The van der Waals surface area contributed by atoms with Crippen LogP contribution in [0.4, 0.5) is 0 Å². The average molecular weight is 254 g/mol. The number of hydrogen-bond donors (Lipinski definition) is 1. The highest BCUT2D eigenvalue weighted by Crippen LogP contribution is 2.32. The summed E-state index contributed by atoms with van der Waals surface area (Å²) in [6.45, 7) is 1.93. The average Bonchev–Trinajstić information content (AvgIpc) is 2.24. The lowest BCUT2D eigenvalue weighted by atomic mass is 9.86. The van der Waals surface area contributed by atoms with Gasteiger partial charge in [0.15, 0.2) is 5.78 Å². The molecule has 92 valence electrons. The zero-order valence-corrected chi connectivity index (χ0v) is 10.7. The standard InChI is InChI=1S/C13H16ClNO2/c1-13(17)8-15(2)11(7-12(13)16)9-3-5-10(14)6-4-9/h3-6,11,17H,7-8H2,1-2H3. The minimum atomic E-state index is -1.22. The first-order valence-electron chi connectivity index (χ1n) is 5.61. The smallest absolute Gasteiger partial charge is 0.167 e. The second kappa shape index (κ2) is 4.41. The summed E-state index contributed by atoms with van der Waals surface area (Å²) in [5.74, 6) is -0.101. The van der Waals surface area contributed by atoms with Crippen LogP contribution in [0, 0.1) is 0 Å². The summed E-state index contributed by atoms with van der Waals surface area (Å²) in [6, 6.07) is 7.53. The zero-order chi connectivity index (χ0) is 12.6. The molecular formula is C13H16ClNO2. The molecular weight excluding hydrogens is 238 g/mol. The minimum Gasteiger partial charge on any atom is -0.381 e. The number of likely N-dealkylation sites (tertiary alicyclic amines) is 1. The first-order valence-corrected chi connectivity index (χ1v) is 5.99. The molecule has 0 amide bonds. The molecule has 0 radical (unpaired) electrons. The van der Waals surface area contributed by atoms with Crippen molar-refractivity contribution in [1.82, 2.24) is 4.90 Å². The summed E-state index contributed by atoms with van der Waals surface area (Å²) in [6.07, 6.45) is 0.338. The van der Waals surface area contributed by atoms with Crippen molar-refractivity contribution in [3.05, 3.63) is 34.9 Å². The van der Waals surface area contributed by atoms with Gasteiger partial charge in [0.2, 0.25) is 0 Å². The van der Waals surface area contributed by atoms with Crippen LogP contribution in [-0.2, 0) is 4.79 Å². The Balaban J connectivity index is 2.23. The van der Waals surface area contributed by atoms with E-state index in [0.717, 1.165) is 5.56 Å². The molecule has 4 heteroatoms. The monoisotopic (exact) mass is 253 g/mol. The van der Waals surface area contributed by atoms with Crippen LogP contribution in [0.5, 0.6) is 0 Å². The van der Waals surface area contributed by atoms with Gasteiger partial charge in [-0.15, -0.1) is 0 Å². The maximum atomic E-state index is 11.8.